The molecule has 0 saturated heterocycles. The molecule has 0 bridgehead atoms. The van der Waals surface area contributed by atoms with E-state index >= 15 is 0 Å². The van der Waals surface area contributed by atoms with E-state index in [0.717, 1.165) is 5.56 Å². The van der Waals surface area contributed by atoms with E-state index in [1.807, 2.05) is 6.07 Å². The van der Waals surface area contributed by atoms with Crippen LogP contribution in [0.1, 0.15) is 26.3 Å². The monoisotopic (exact) mass is 355 g/mol. The predicted molar refractivity (Wildman–Crippen MR) is 97.0 cm³/mol. The molecule has 0 aromatic heterocycles. The Labute approximate surface area is 151 Å². The van der Waals surface area contributed by atoms with Crippen LogP contribution in [0.2, 0.25) is 0 Å². The highest BCUT2D eigenvalue weighted by atomic mass is 16.5. The largest absolute Gasteiger partial charge is 0.497 e. The quantitative estimate of drug-likeness (QED) is 0.653. The molecular weight excluding hydrogens is 334 g/mol. The number of hydrogen-bond acceptors (Lipinski definition) is 4. The van der Waals surface area contributed by atoms with Crippen LogP contribution >= 0.6 is 0 Å². The van der Waals surface area contributed by atoms with E-state index in [-0.39, 0.29) is 18.4 Å². The molecule has 0 radical (unpaired) electrons. The second-order valence-electron chi connectivity index (χ2n) is 5.58. The lowest BCUT2D eigenvalue weighted by Gasteiger charge is -2.08. The van der Waals surface area contributed by atoms with Gasteiger partial charge in [0.05, 0.1) is 13.7 Å². The third-order valence-electron chi connectivity index (χ3n) is 3.71. The van der Waals surface area contributed by atoms with Crippen LogP contribution in [-0.4, -0.2) is 37.9 Å². The highest BCUT2D eigenvalue weighted by molar-refractivity contribution is 5.96. The van der Waals surface area contributed by atoms with Crippen LogP contribution in [0.15, 0.2) is 48.5 Å². The highest BCUT2D eigenvalue weighted by Crippen LogP contribution is 2.11. The number of primary amides is 1. The number of rotatable bonds is 8. The Hall–Kier alpha value is -3.35. The first-order chi connectivity index (χ1) is 12.5. The molecule has 7 nitrogen and oxygen atoms in total. The van der Waals surface area contributed by atoms with Gasteiger partial charge in [0, 0.05) is 17.7 Å². The van der Waals surface area contributed by atoms with Crippen LogP contribution in [-0.2, 0) is 11.2 Å². The number of nitrogens with two attached hydrogens (primary N) is 1. The SMILES string of the molecule is COc1ccc(C(=O)NCC(=O)NCCc2cccc(C(N)=O)c2)cc1. The molecule has 26 heavy (non-hydrogen) atoms. The van der Waals surface area contributed by atoms with Gasteiger partial charge in [-0.1, -0.05) is 12.1 Å². The van der Waals surface area contributed by atoms with Gasteiger partial charge in [-0.3, -0.25) is 14.4 Å². The fourth-order valence-corrected chi connectivity index (χ4v) is 2.29. The molecule has 0 heterocycles. The van der Waals surface area contributed by atoms with E-state index < -0.39 is 5.91 Å². The number of amides is 3. The Morgan fingerprint density at radius 2 is 1.73 bits per heavy atom. The van der Waals surface area contributed by atoms with Crippen molar-refractivity contribution in [3.63, 3.8) is 0 Å². The number of nitrogens with one attached hydrogen (secondary N) is 2. The zero-order chi connectivity index (χ0) is 18.9. The number of carbonyl (C=O) groups is 3. The summed E-state index contributed by atoms with van der Waals surface area (Å²) in [4.78, 5) is 34.9. The van der Waals surface area contributed by atoms with Crippen molar-refractivity contribution in [1.82, 2.24) is 10.6 Å². The Morgan fingerprint density at radius 3 is 2.38 bits per heavy atom. The minimum absolute atomic E-state index is 0.119. The van der Waals surface area contributed by atoms with E-state index in [4.69, 9.17) is 10.5 Å². The zero-order valence-electron chi connectivity index (χ0n) is 14.5. The van der Waals surface area contributed by atoms with Gasteiger partial charge >= 0.3 is 0 Å². The molecule has 7 heteroatoms. The minimum atomic E-state index is -0.489. The van der Waals surface area contributed by atoms with Gasteiger partial charge in [0.2, 0.25) is 11.8 Å². The predicted octanol–water partition coefficient (Wildman–Crippen LogP) is 0.883. The summed E-state index contributed by atoms with van der Waals surface area (Å²) >= 11 is 0. The molecule has 2 aromatic rings. The number of ether oxygens (including phenoxy) is 1. The Balaban J connectivity index is 1.74. The van der Waals surface area contributed by atoms with Crippen LogP contribution in [0, 0.1) is 0 Å². The summed E-state index contributed by atoms with van der Waals surface area (Å²) in [5.74, 6) is -0.466. The molecule has 0 aliphatic carbocycles. The van der Waals surface area contributed by atoms with Crippen LogP contribution in [0.4, 0.5) is 0 Å². The minimum Gasteiger partial charge on any atom is -0.497 e. The van der Waals surface area contributed by atoms with Crippen molar-refractivity contribution < 1.29 is 19.1 Å². The van der Waals surface area contributed by atoms with Crippen molar-refractivity contribution in [3.05, 3.63) is 65.2 Å². The van der Waals surface area contributed by atoms with Crippen LogP contribution < -0.4 is 21.1 Å². The summed E-state index contributed by atoms with van der Waals surface area (Å²) in [6.45, 7) is 0.269. The molecule has 0 fully saturated rings. The Kier molecular flexibility index (Phi) is 6.73. The molecule has 0 atom stereocenters. The van der Waals surface area contributed by atoms with Crippen molar-refractivity contribution in [3.8, 4) is 5.75 Å². The molecule has 0 saturated carbocycles. The molecule has 0 unspecified atom stereocenters. The third-order valence-corrected chi connectivity index (χ3v) is 3.71. The third kappa shape index (κ3) is 5.62. The lowest BCUT2D eigenvalue weighted by molar-refractivity contribution is -0.120. The van der Waals surface area contributed by atoms with Crippen molar-refractivity contribution in [2.45, 2.75) is 6.42 Å². The van der Waals surface area contributed by atoms with E-state index in [1.165, 1.54) is 0 Å². The number of carbonyl (C=O) groups excluding carboxylic acids is 3. The molecule has 0 aliphatic rings. The molecule has 3 amide bonds. The summed E-state index contributed by atoms with van der Waals surface area (Å²) in [5.41, 5.74) is 7.01. The molecular formula is C19H21N3O4. The molecule has 0 aliphatic heterocycles. The summed E-state index contributed by atoms with van der Waals surface area (Å²) in [7, 11) is 1.55. The molecule has 136 valence electrons. The second-order valence-corrected chi connectivity index (χ2v) is 5.58. The van der Waals surface area contributed by atoms with Gasteiger partial charge in [-0.15, -0.1) is 0 Å². The first kappa shape index (κ1) is 19.0. The lowest BCUT2D eigenvalue weighted by atomic mass is 10.1. The van der Waals surface area contributed by atoms with Crippen molar-refractivity contribution in [1.29, 1.82) is 0 Å². The topological polar surface area (TPSA) is 111 Å². The van der Waals surface area contributed by atoms with Gasteiger partial charge in [-0.25, -0.2) is 0 Å². The summed E-state index contributed by atoms with van der Waals surface area (Å²) < 4.78 is 5.03. The van der Waals surface area contributed by atoms with Gasteiger partial charge < -0.3 is 21.1 Å². The maximum absolute atomic E-state index is 12.0. The standard InChI is InChI=1S/C19H21N3O4/c1-26-16-7-5-14(6-8-16)19(25)22-12-17(23)21-10-9-13-3-2-4-15(11-13)18(20)24/h2-8,11H,9-10,12H2,1H3,(H2,20,24)(H,21,23)(H,22,25). The maximum Gasteiger partial charge on any atom is 0.251 e. The maximum atomic E-state index is 12.0. The van der Waals surface area contributed by atoms with Crippen molar-refractivity contribution in [2.75, 3.05) is 20.2 Å². The Bertz CT molecular complexity index is 788. The van der Waals surface area contributed by atoms with Gasteiger partial charge in [0.1, 0.15) is 5.75 Å². The first-order valence-corrected chi connectivity index (χ1v) is 8.07. The van der Waals surface area contributed by atoms with Gasteiger partial charge in [0.25, 0.3) is 5.91 Å². The first-order valence-electron chi connectivity index (χ1n) is 8.07. The van der Waals surface area contributed by atoms with Crippen LogP contribution in [0.25, 0.3) is 0 Å². The number of benzene rings is 2. The summed E-state index contributed by atoms with van der Waals surface area (Å²) in [5, 5.41) is 5.27. The molecule has 4 N–H and O–H groups in total. The number of hydrogen-bond donors (Lipinski definition) is 3. The number of methoxy groups -OCH3 is 1. The van der Waals surface area contributed by atoms with Crippen molar-refractivity contribution in [2.24, 2.45) is 5.73 Å². The fourth-order valence-electron chi connectivity index (χ4n) is 2.29. The molecule has 0 spiro atoms. The van der Waals surface area contributed by atoms with E-state index in [1.54, 1.807) is 49.6 Å². The fraction of sp³-hybridized carbons (Fsp3) is 0.211. The summed E-state index contributed by atoms with van der Waals surface area (Å²) in [6.07, 6.45) is 0.555. The average Bonchev–Trinajstić information content (AvgIpc) is 2.66. The van der Waals surface area contributed by atoms with E-state index in [9.17, 15) is 14.4 Å². The molecule has 2 rings (SSSR count). The van der Waals surface area contributed by atoms with Gasteiger partial charge in [-0.05, 0) is 48.4 Å². The molecule has 2 aromatic carbocycles. The smallest absolute Gasteiger partial charge is 0.251 e. The van der Waals surface area contributed by atoms with Crippen LogP contribution in [0.5, 0.6) is 5.75 Å². The zero-order valence-corrected chi connectivity index (χ0v) is 14.5. The lowest BCUT2D eigenvalue weighted by Crippen LogP contribution is -2.37. The second kappa shape index (κ2) is 9.22. The highest BCUT2D eigenvalue weighted by Gasteiger charge is 2.08. The van der Waals surface area contributed by atoms with Crippen LogP contribution in [0.3, 0.4) is 0 Å². The van der Waals surface area contributed by atoms with E-state index in [2.05, 4.69) is 10.6 Å². The summed E-state index contributed by atoms with van der Waals surface area (Å²) in [6, 6.07) is 13.5. The van der Waals surface area contributed by atoms with E-state index in [0.29, 0.717) is 29.8 Å². The van der Waals surface area contributed by atoms with Gasteiger partial charge in [-0.2, -0.15) is 0 Å². The normalized spacial score (nSPS) is 10.0. The Morgan fingerprint density at radius 1 is 1.00 bits per heavy atom. The van der Waals surface area contributed by atoms with Gasteiger partial charge in [0.15, 0.2) is 0 Å². The van der Waals surface area contributed by atoms with Crippen molar-refractivity contribution >= 4 is 17.7 Å². The average molecular weight is 355 g/mol.